The van der Waals surface area contributed by atoms with Crippen LogP contribution < -0.4 is 14.8 Å². The van der Waals surface area contributed by atoms with Crippen LogP contribution in [0.2, 0.25) is 0 Å². The van der Waals surface area contributed by atoms with Gasteiger partial charge in [-0.2, -0.15) is 5.26 Å². The molecule has 0 saturated heterocycles. The quantitative estimate of drug-likeness (QED) is 0.751. The van der Waals surface area contributed by atoms with E-state index in [1.807, 2.05) is 31.2 Å². The Morgan fingerprint density at radius 1 is 1.14 bits per heavy atom. The largest absolute Gasteiger partial charge is 0.497 e. The minimum Gasteiger partial charge on any atom is -0.497 e. The van der Waals surface area contributed by atoms with E-state index in [-0.39, 0.29) is 5.91 Å². The van der Waals surface area contributed by atoms with Crippen LogP contribution in [0.5, 0.6) is 11.5 Å². The Hall–Kier alpha value is -3.00. The average molecular weight is 378 g/mol. The topological polar surface area (TPSA) is 71.3 Å². The molecule has 1 saturated carbocycles. The number of rotatable bonds is 7. The minimum atomic E-state index is -0.573. The predicted octanol–water partition coefficient (Wildman–Crippen LogP) is 4.81. The summed E-state index contributed by atoms with van der Waals surface area (Å²) in [6.07, 6.45) is 4.50. The molecule has 1 fully saturated rings. The SMILES string of the molecule is CCCOc1ccc(NC(=O)C2(c3ccc(OC)cc3)CCCC2)c(C#N)c1. The fourth-order valence-corrected chi connectivity index (χ4v) is 3.81. The first kappa shape index (κ1) is 19.8. The van der Waals surface area contributed by atoms with Gasteiger partial charge in [0.1, 0.15) is 17.6 Å². The second-order valence-electron chi connectivity index (χ2n) is 7.14. The number of anilines is 1. The Morgan fingerprint density at radius 3 is 2.43 bits per heavy atom. The number of nitriles is 1. The Labute approximate surface area is 166 Å². The zero-order valence-corrected chi connectivity index (χ0v) is 16.5. The average Bonchev–Trinajstić information content (AvgIpc) is 3.24. The summed E-state index contributed by atoms with van der Waals surface area (Å²) in [5.74, 6) is 1.35. The van der Waals surface area contributed by atoms with Crippen molar-refractivity contribution >= 4 is 11.6 Å². The molecule has 5 nitrogen and oxygen atoms in total. The molecule has 1 aliphatic carbocycles. The molecule has 28 heavy (non-hydrogen) atoms. The molecule has 2 aromatic carbocycles. The van der Waals surface area contributed by atoms with E-state index in [0.29, 0.717) is 23.6 Å². The highest BCUT2D eigenvalue weighted by Crippen LogP contribution is 2.42. The number of carbonyl (C=O) groups excluding carboxylic acids is 1. The highest BCUT2D eigenvalue weighted by atomic mass is 16.5. The zero-order valence-electron chi connectivity index (χ0n) is 16.5. The Morgan fingerprint density at radius 2 is 1.82 bits per heavy atom. The van der Waals surface area contributed by atoms with Crippen molar-refractivity contribution in [3.63, 3.8) is 0 Å². The van der Waals surface area contributed by atoms with Gasteiger partial charge >= 0.3 is 0 Å². The third kappa shape index (κ3) is 3.96. The van der Waals surface area contributed by atoms with Crippen molar-refractivity contribution in [1.82, 2.24) is 0 Å². The lowest BCUT2D eigenvalue weighted by atomic mass is 9.78. The van der Waals surface area contributed by atoms with Crippen molar-refractivity contribution in [2.45, 2.75) is 44.4 Å². The van der Waals surface area contributed by atoms with E-state index < -0.39 is 5.41 Å². The summed E-state index contributed by atoms with van der Waals surface area (Å²) < 4.78 is 10.8. The van der Waals surface area contributed by atoms with E-state index in [4.69, 9.17) is 9.47 Å². The maximum absolute atomic E-state index is 13.3. The highest BCUT2D eigenvalue weighted by Gasteiger charge is 2.42. The zero-order chi connectivity index (χ0) is 20.0. The van der Waals surface area contributed by atoms with Gasteiger partial charge in [-0.25, -0.2) is 0 Å². The molecular formula is C23H26N2O3. The molecule has 1 N–H and O–H groups in total. The van der Waals surface area contributed by atoms with Crippen LogP contribution in [-0.4, -0.2) is 19.6 Å². The first-order chi connectivity index (χ1) is 13.6. The van der Waals surface area contributed by atoms with Crippen molar-refractivity contribution in [3.05, 3.63) is 53.6 Å². The number of hydrogen-bond acceptors (Lipinski definition) is 4. The van der Waals surface area contributed by atoms with Crippen molar-refractivity contribution in [2.24, 2.45) is 0 Å². The molecular weight excluding hydrogens is 352 g/mol. The minimum absolute atomic E-state index is 0.0612. The monoisotopic (exact) mass is 378 g/mol. The van der Waals surface area contributed by atoms with E-state index in [0.717, 1.165) is 43.4 Å². The van der Waals surface area contributed by atoms with Gasteiger partial charge in [0, 0.05) is 0 Å². The molecule has 0 aromatic heterocycles. The van der Waals surface area contributed by atoms with Gasteiger partial charge < -0.3 is 14.8 Å². The second kappa shape index (κ2) is 8.79. The van der Waals surface area contributed by atoms with E-state index in [2.05, 4.69) is 11.4 Å². The fraction of sp³-hybridized carbons (Fsp3) is 0.391. The summed E-state index contributed by atoms with van der Waals surface area (Å²) in [7, 11) is 1.63. The Balaban J connectivity index is 1.86. The van der Waals surface area contributed by atoms with Crippen LogP contribution in [0.4, 0.5) is 5.69 Å². The van der Waals surface area contributed by atoms with Crippen LogP contribution in [-0.2, 0) is 10.2 Å². The molecule has 0 aliphatic heterocycles. The van der Waals surface area contributed by atoms with Gasteiger partial charge in [-0.1, -0.05) is 31.9 Å². The molecule has 0 radical (unpaired) electrons. The molecule has 1 amide bonds. The van der Waals surface area contributed by atoms with Gasteiger partial charge in [0.05, 0.1) is 30.4 Å². The Kier molecular flexibility index (Phi) is 6.20. The fourth-order valence-electron chi connectivity index (χ4n) is 3.81. The summed E-state index contributed by atoms with van der Waals surface area (Å²) >= 11 is 0. The van der Waals surface area contributed by atoms with Gasteiger partial charge in [-0.15, -0.1) is 0 Å². The van der Waals surface area contributed by atoms with Crippen molar-refractivity contribution in [2.75, 3.05) is 19.0 Å². The smallest absolute Gasteiger partial charge is 0.235 e. The van der Waals surface area contributed by atoms with Crippen LogP contribution in [0.25, 0.3) is 0 Å². The summed E-state index contributed by atoms with van der Waals surface area (Å²) in [4.78, 5) is 13.3. The number of nitrogens with zero attached hydrogens (tertiary/aromatic N) is 1. The molecule has 146 valence electrons. The van der Waals surface area contributed by atoms with Crippen LogP contribution in [0.1, 0.15) is 50.2 Å². The predicted molar refractivity (Wildman–Crippen MR) is 109 cm³/mol. The van der Waals surface area contributed by atoms with Crippen molar-refractivity contribution in [1.29, 1.82) is 5.26 Å². The maximum atomic E-state index is 13.3. The van der Waals surface area contributed by atoms with E-state index >= 15 is 0 Å². The van der Waals surface area contributed by atoms with Gasteiger partial charge in [0.15, 0.2) is 0 Å². The number of carbonyl (C=O) groups is 1. The molecule has 0 atom stereocenters. The third-order valence-electron chi connectivity index (χ3n) is 5.37. The van der Waals surface area contributed by atoms with Crippen LogP contribution in [0, 0.1) is 11.3 Å². The second-order valence-corrected chi connectivity index (χ2v) is 7.14. The standard InChI is InChI=1S/C23H26N2O3/c1-3-14-28-20-10-11-21(17(15-20)16-24)25-22(26)23(12-4-5-13-23)18-6-8-19(27-2)9-7-18/h6-11,15H,3-5,12-14H2,1-2H3,(H,25,26). The highest BCUT2D eigenvalue weighted by molar-refractivity contribution is 6.00. The number of benzene rings is 2. The summed E-state index contributed by atoms with van der Waals surface area (Å²) in [6, 6.07) is 15.1. The summed E-state index contributed by atoms with van der Waals surface area (Å²) in [6.45, 7) is 2.62. The number of hydrogen-bond donors (Lipinski definition) is 1. The molecule has 5 heteroatoms. The van der Waals surface area contributed by atoms with Crippen molar-refractivity contribution in [3.8, 4) is 17.6 Å². The van der Waals surface area contributed by atoms with Gasteiger partial charge in [-0.3, -0.25) is 4.79 Å². The lowest BCUT2D eigenvalue weighted by Crippen LogP contribution is -2.38. The van der Waals surface area contributed by atoms with Gasteiger partial charge in [0.25, 0.3) is 0 Å². The van der Waals surface area contributed by atoms with E-state index in [1.165, 1.54) is 0 Å². The van der Waals surface area contributed by atoms with Crippen LogP contribution in [0.15, 0.2) is 42.5 Å². The molecule has 0 heterocycles. The normalized spacial score (nSPS) is 14.9. The lowest BCUT2D eigenvalue weighted by molar-refractivity contribution is -0.121. The van der Waals surface area contributed by atoms with Crippen LogP contribution >= 0.6 is 0 Å². The number of methoxy groups -OCH3 is 1. The Bertz CT molecular complexity index is 862. The molecule has 0 bridgehead atoms. The summed E-state index contributed by atoms with van der Waals surface area (Å²) in [5.41, 5.74) is 1.35. The first-order valence-electron chi connectivity index (χ1n) is 9.76. The number of amides is 1. The number of ether oxygens (including phenoxy) is 2. The van der Waals surface area contributed by atoms with Crippen LogP contribution in [0.3, 0.4) is 0 Å². The molecule has 2 aromatic rings. The van der Waals surface area contributed by atoms with Gasteiger partial charge in [-0.05, 0) is 55.2 Å². The van der Waals surface area contributed by atoms with Crippen molar-refractivity contribution < 1.29 is 14.3 Å². The lowest BCUT2D eigenvalue weighted by Gasteiger charge is -2.28. The molecule has 1 aliphatic rings. The van der Waals surface area contributed by atoms with E-state index in [9.17, 15) is 10.1 Å². The van der Waals surface area contributed by atoms with Gasteiger partial charge in [0.2, 0.25) is 5.91 Å². The molecule has 3 rings (SSSR count). The van der Waals surface area contributed by atoms with E-state index in [1.54, 1.807) is 25.3 Å². The first-order valence-corrected chi connectivity index (χ1v) is 9.76. The third-order valence-corrected chi connectivity index (χ3v) is 5.37. The molecule has 0 spiro atoms. The summed E-state index contributed by atoms with van der Waals surface area (Å²) in [5, 5.41) is 12.5. The molecule has 0 unspecified atom stereocenters. The maximum Gasteiger partial charge on any atom is 0.235 e. The number of nitrogens with one attached hydrogen (secondary N) is 1.